The average molecular weight is 387 g/mol. The summed E-state index contributed by atoms with van der Waals surface area (Å²) >= 11 is 1.56. The van der Waals surface area contributed by atoms with E-state index in [1.54, 1.807) is 30.0 Å². The molecule has 0 saturated heterocycles. The zero-order valence-corrected chi connectivity index (χ0v) is 15.4. The van der Waals surface area contributed by atoms with Crippen LogP contribution in [0.25, 0.3) is 0 Å². The maximum absolute atomic E-state index is 12.9. The van der Waals surface area contributed by atoms with Crippen molar-refractivity contribution in [2.24, 2.45) is 0 Å². The van der Waals surface area contributed by atoms with E-state index in [0.29, 0.717) is 29.1 Å². The first-order valence-corrected chi connectivity index (χ1v) is 9.28. The molecule has 2 aromatic carbocycles. The highest BCUT2D eigenvalue weighted by Crippen LogP contribution is 2.31. The van der Waals surface area contributed by atoms with Crippen molar-refractivity contribution in [3.63, 3.8) is 0 Å². The fraction of sp³-hybridized carbons (Fsp3) is 0.211. The summed E-state index contributed by atoms with van der Waals surface area (Å²) in [5, 5.41) is 5.40. The highest BCUT2D eigenvalue weighted by atomic mass is 32.2. The first-order chi connectivity index (χ1) is 12.9. The maximum atomic E-state index is 12.9. The quantitative estimate of drug-likeness (QED) is 0.846. The van der Waals surface area contributed by atoms with Gasteiger partial charge in [-0.05, 0) is 42.5 Å². The summed E-state index contributed by atoms with van der Waals surface area (Å²) in [5.74, 6) is -0.520. The van der Waals surface area contributed by atoms with Gasteiger partial charge in [-0.3, -0.25) is 14.4 Å². The second kappa shape index (κ2) is 8.22. The van der Waals surface area contributed by atoms with Crippen LogP contribution < -0.4 is 10.6 Å². The average Bonchev–Trinajstić information content (AvgIpc) is 2.82. The molecule has 140 valence electrons. The number of amides is 3. The van der Waals surface area contributed by atoms with Gasteiger partial charge in [0.1, 0.15) is 5.82 Å². The van der Waals surface area contributed by atoms with Crippen LogP contribution in [0.15, 0.2) is 47.4 Å². The predicted octanol–water partition coefficient (Wildman–Crippen LogP) is 2.97. The lowest BCUT2D eigenvalue weighted by Gasteiger charge is -2.18. The third-order valence-electron chi connectivity index (χ3n) is 3.94. The molecule has 2 aromatic rings. The first-order valence-electron chi connectivity index (χ1n) is 8.30. The van der Waals surface area contributed by atoms with Crippen LogP contribution in [0, 0.1) is 5.82 Å². The van der Waals surface area contributed by atoms with Crippen LogP contribution in [0.1, 0.15) is 16.8 Å². The number of thioether (sulfide) groups is 1. The largest absolute Gasteiger partial charge is 0.332 e. The standard InChI is InChI=1S/C19H18FN3O3S/c1-23(11-18(25)21-14-5-3-13(20)4-6-14)19(26)12-2-7-16-15(10-12)22-17(24)8-9-27-16/h2-7,10H,8-9,11H2,1H3,(H,21,25)(H,22,24). The Morgan fingerprint density at radius 3 is 2.70 bits per heavy atom. The van der Waals surface area contributed by atoms with Crippen molar-refractivity contribution in [1.82, 2.24) is 4.90 Å². The van der Waals surface area contributed by atoms with Crippen molar-refractivity contribution in [3.8, 4) is 0 Å². The van der Waals surface area contributed by atoms with Crippen LogP contribution in [0.5, 0.6) is 0 Å². The number of hydrogen-bond acceptors (Lipinski definition) is 4. The van der Waals surface area contributed by atoms with E-state index in [2.05, 4.69) is 10.6 Å². The number of benzene rings is 2. The molecule has 0 fully saturated rings. The molecule has 0 unspecified atom stereocenters. The molecule has 0 aliphatic carbocycles. The molecule has 6 nitrogen and oxygen atoms in total. The van der Waals surface area contributed by atoms with Gasteiger partial charge in [0.25, 0.3) is 5.91 Å². The van der Waals surface area contributed by atoms with E-state index in [-0.39, 0.29) is 18.4 Å². The summed E-state index contributed by atoms with van der Waals surface area (Å²) < 4.78 is 12.9. The monoisotopic (exact) mass is 387 g/mol. The Bertz CT molecular complexity index is 886. The smallest absolute Gasteiger partial charge is 0.254 e. The lowest BCUT2D eigenvalue weighted by atomic mass is 10.1. The molecule has 0 aromatic heterocycles. The predicted molar refractivity (Wildman–Crippen MR) is 102 cm³/mol. The highest BCUT2D eigenvalue weighted by molar-refractivity contribution is 7.99. The van der Waals surface area contributed by atoms with E-state index >= 15 is 0 Å². The van der Waals surface area contributed by atoms with Crippen molar-refractivity contribution in [3.05, 3.63) is 53.8 Å². The number of anilines is 2. The summed E-state index contributed by atoms with van der Waals surface area (Å²) in [5.41, 5.74) is 1.44. The molecular formula is C19H18FN3O3S. The molecule has 3 rings (SSSR count). The highest BCUT2D eigenvalue weighted by Gasteiger charge is 2.19. The molecule has 0 spiro atoms. The van der Waals surface area contributed by atoms with Gasteiger partial charge in [0.05, 0.1) is 12.2 Å². The number of carbonyl (C=O) groups is 3. The lowest BCUT2D eigenvalue weighted by Crippen LogP contribution is -2.35. The third-order valence-corrected chi connectivity index (χ3v) is 5.02. The lowest BCUT2D eigenvalue weighted by molar-refractivity contribution is -0.117. The minimum Gasteiger partial charge on any atom is -0.332 e. The zero-order valence-electron chi connectivity index (χ0n) is 14.6. The fourth-order valence-electron chi connectivity index (χ4n) is 2.59. The zero-order chi connectivity index (χ0) is 19.4. The number of nitrogens with one attached hydrogen (secondary N) is 2. The SMILES string of the molecule is CN(CC(=O)Nc1ccc(F)cc1)C(=O)c1ccc2c(c1)NC(=O)CCS2. The van der Waals surface area contributed by atoms with Crippen molar-refractivity contribution in [2.75, 3.05) is 30.0 Å². The normalized spacial score (nSPS) is 13.2. The van der Waals surface area contributed by atoms with Crippen LogP contribution in [0.3, 0.4) is 0 Å². The first kappa shape index (κ1) is 18.9. The van der Waals surface area contributed by atoms with Crippen LogP contribution in [-0.2, 0) is 9.59 Å². The van der Waals surface area contributed by atoms with E-state index in [1.807, 2.05) is 0 Å². The van der Waals surface area contributed by atoms with Crippen LogP contribution in [-0.4, -0.2) is 42.0 Å². The van der Waals surface area contributed by atoms with Crippen molar-refractivity contribution in [2.45, 2.75) is 11.3 Å². The Hall–Kier alpha value is -2.87. The summed E-state index contributed by atoms with van der Waals surface area (Å²) in [7, 11) is 1.52. The number of hydrogen-bond donors (Lipinski definition) is 2. The number of nitrogens with zero attached hydrogens (tertiary/aromatic N) is 1. The van der Waals surface area contributed by atoms with E-state index in [4.69, 9.17) is 0 Å². The maximum Gasteiger partial charge on any atom is 0.254 e. The van der Waals surface area contributed by atoms with Gasteiger partial charge in [0, 0.05) is 35.4 Å². The molecule has 2 N–H and O–H groups in total. The fourth-order valence-corrected chi connectivity index (χ4v) is 3.53. The van der Waals surface area contributed by atoms with Gasteiger partial charge in [-0.15, -0.1) is 11.8 Å². The molecule has 3 amide bonds. The Balaban J connectivity index is 1.65. The van der Waals surface area contributed by atoms with E-state index < -0.39 is 11.7 Å². The molecule has 27 heavy (non-hydrogen) atoms. The van der Waals surface area contributed by atoms with Crippen LogP contribution in [0.4, 0.5) is 15.8 Å². The van der Waals surface area contributed by atoms with Gasteiger partial charge >= 0.3 is 0 Å². The number of likely N-dealkylation sites (N-methyl/N-ethyl adjacent to an activating group) is 1. The van der Waals surface area contributed by atoms with Crippen molar-refractivity contribution in [1.29, 1.82) is 0 Å². The molecule has 0 bridgehead atoms. The molecule has 0 atom stereocenters. The molecule has 1 heterocycles. The number of halogens is 1. The Kier molecular flexibility index (Phi) is 5.75. The van der Waals surface area contributed by atoms with Crippen molar-refractivity contribution >= 4 is 40.9 Å². The number of rotatable bonds is 4. The number of fused-ring (bicyclic) bond motifs is 1. The number of carbonyl (C=O) groups excluding carboxylic acids is 3. The Morgan fingerprint density at radius 2 is 1.96 bits per heavy atom. The minimum absolute atomic E-state index is 0.0853. The summed E-state index contributed by atoms with van der Waals surface area (Å²) in [4.78, 5) is 38.6. The minimum atomic E-state index is -0.395. The third kappa shape index (κ3) is 4.85. The van der Waals surface area contributed by atoms with Gasteiger partial charge in [-0.2, -0.15) is 0 Å². The van der Waals surface area contributed by atoms with E-state index in [9.17, 15) is 18.8 Å². The van der Waals surface area contributed by atoms with E-state index in [1.165, 1.54) is 36.2 Å². The van der Waals surface area contributed by atoms with Crippen LogP contribution >= 0.6 is 11.8 Å². The van der Waals surface area contributed by atoms with E-state index in [0.717, 1.165) is 4.90 Å². The Morgan fingerprint density at radius 1 is 1.22 bits per heavy atom. The summed E-state index contributed by atoms with van der Waals surface area (Å²) in [6, 6.07) is 10.5. The molecule has 0 radical (unpaired) electrons. The van der Waals surface area contributed by atoms with Gasteiger partial charge in [0.2, 0.25) is 11.8 Å². The molecule has 0 saturated carbocycles. The topological polar surface area (TPSA) is 78.5 Å². The summed E-state index contributed by atoms with van der Waals surface area (Å²) in [6.07, 6.45) is 0.423. The molecule has 8 heteroatoms. The molecular weight excluding hydrogens is 369 g/mol. The second-order valence-electron chi connectivity index (χ2n) is 6.07. The summed E-state index contributed by atoms with van der Waals surface area (Å²) in [6.45, 7) is -0.158. The Labute approximate surface area is 160 Å². The molecule has 1 aliphatic rings. The van der Waals surface area contributed by atoms with Gasteiger partial charge in [-0.25, -0.2) is 4.39 Å². The van der Waals surface area contributed by atoms with Crippen molar-refractivity contribution < 1.29 is 18.8 Å². The molecule has 1 aliphatic heterocycles. The van der Waals surface area contributed by atoms with Gasteiger partial charge in [0.15, 0.2) is 0 Å². The van der Waals surface area contributed by atoms with Crippen LogP contribution in [0.2, 0.25) is 0 Å². The van der Waals surface area contributed by atoms with Gasteiger partial charge in [-0.1, -0.05) is 0 Å². The van der Waals surface area contributed by atoms with Gasteiger partial charge < -0.3 is 15.5 Å². The second-order valence-corrected chi connectivity index (χ2v) is 7.21.